The van der Waals surface area contributed by atoms with Gasteiger partial charge in [-0.15, -0.1) is 0 Å². The van der Waals surface area contributed by atoms with E-state index in [0.717, 1.165) is 35.8 Å². The van der Waals surface area contributed by atoms with Gasteiger partial charge < -0.3 is 20.5 Å². The van der Waals surface area contributed by atoms with Crippen molar-refractivity contribution >= 4 is 45.5 Å². The standard InChI is InChI=1S/C32H39N5O6S/c1-23(27-13-7-11-26-10-5-6-12-28(26)27)36-16-14-25(15-17-36)21-37(44(42)43)22-31(40)34-20-30(39)33-19-29(38)32(41)35-18-24-8-3-2-4-9-24/h2-13,23,25H,14-22H2,1H3,(H,33,39)(H,34,40)(H,35,41)(H,42,43)/p-1. The molecule has 44 heavy (non-hydrogen) atoms. The molecule has 3 aromatic carbocycles. The third-order valence-electron chi connectivity index (χ3n) is 7.90. The number of hydrogen-bond donors (Lipinski definition) is 3. The normalized spacial score (nSPS) is 15.4. The molecule has 11 nitrogen and oxygen atoms in total. The lowest BCUT2D eigenvalue weighted by atomic mass is 9.93. The van der Waals surface area contributed by atoms with Crippen molar-refractivity contribution in [3.63, 3.8) is 0 Å². The van der Waals surface area contributed by atoms with E-state index in [1.807, 2.05) is 30.3 Å². The molecule has 0 aromatic heterocycles. The van der Waals surface area contributed by atoms with Gasteiger partial charge in [0.15, 0.2) is 0 Å². The van der Waals surface area contributed by atoms with Crippen molar-refractivity contribution in [3.05, 3.63) is 83.9 Å². The minimum Gasteiger partial charge on any atom is -0.760 e. The molecule has 4 rings (SSSR count). The van der Waals surface area contributed by atoms with E-state index >= 15 is 0 Å². The van der Waals surface area contributed by atoms with Crippen molar-refractivity contribution in [2.75, 3.05) is 39.3 Å². The monoisotopic (exact) mass is 620 g/mol. The quantitative estimate of drug-likeness (QED) is 0.184. The number of Topliss-reactive ketones (excluding diaryl/α,β-unsaturated/α-hetero) is 1. The van der Waals surface area contributed by atoms with Crippen LogP contribution < -0.4 is 16.0 Å². The molecule has 234 valence electrons. The van der Waals surface area contributed by atoms with Crippen molar-refractivity contribution in [2.24, 2.45) is 5.92 Å². The second-order valence-corrected chi connectivity index (χ2v) is 11.9. The molecule has 3 aromatic rings. The summed E-state index contributed by atoms with van der Waals surface area (Å²) in [5.74, 6) is -2.88. The van der Waals surface area contributed by atoms with Crippen LogP contribution in [0.4, 0.5) is 0 Å². The molecule has 0 radical (unpaired) electrons. The minimum atomic E-state index is -2.61. The van der Waals surface area contributed by atoms with Gasteiger partial charge in [0, 0.05) is 30.4 Å². The number of nitrogens with one attached hydrogen (secondary N) is 3. The maximum atomic E-state index is 12.4. The molecular weight excluding hydrogens is 582 g/mol. The Morgan fingerprint density at radius 2 is 1.55 bits per heavy atom. The van der Waals surface area contributed by atoms with Crippen LogP contribution >= 0.6 is 0 Å². The van der Waals surface area contributed by atoms with E-state index in [2.05, 4.69) is 58.1 Å². The number of benzene rings is 3. The number of ketones is 1. The van der Waals surface area contributed by atoms with E-state index in [1.165, 1.54) is 16.3 Å². The van der Waals surface area contributed by atoms with Gasteiger partial charge in [0.05, 0.1) is 19.6 Å². The van der Waals surface area contributed by atoms with Crippen LogP contribution in [-0.2, 0) is 37.0 Å². The molecule has 0 saturated carbocycles. The van der Waals surface area contributed by atoms with Gasteiger partial charge in [-0.1, -0.05) is 72.8 Å². The summed E-state index contributed by atoms with van der Waals surface area (Å²) in [6.45, 7) is 2.79. The smallest absolute Gasteiger partial charge is 0.289 e. The molecule has 0 aliphatic carbocycles. The van der Waals surface area contributed by atoms with Gasteiger partial charge in [0.25, 0.3) is 5.91 Å². The number of likely N-dealkylation sites (tertiary alicyclic amines) is 1. The van der Waals surface area contributed by atoms with Crippen LogP contribution in [-0.4, -0.2) is 80.7 Å². The van der Waals surface area contributed by atoms with Gasteiger partial charge in [-0.2, -0.15) is 0 Å². The Hall–Kier alpha value is -3.97. The summed E-state index contributed by atoms with van der Waals surface area (Å²) in [6.07, 6.45) is 1.58. The molecule has 1 aliphatic heterocycles. The number of piperidine rings is 1. The van der Waals surface area contributed by atoms with E-state index < -0.39 is 54.4 Å². The molecule has 1 heterocycles. The van der Waals surface area contributed by atoms with Crippen molar-refractivity contribution in [1.29, 1.82) is 0 Å². The first-order chi connectivity index (χ1) is 21.2. The first-order valence-electron chi connectivity index (χ1n) is 14.7. The minimum absolute atomic E-state index is 0.0963. The van der Waals surface area contributed by atoms with E-state index in [-0.39, 0.29) is 25.0 Å². The highest BCUT2D eigenvalue weighted by Crippen LogP contribution is 2.31. The Bertz CT molecular complexity index is 1470. The predicted molar refractivity (Wildman–Crippen MR) is 166 cm³/mol. The van der Waals surface area contributed by atoms with E-state index in [0.29, 0.717) is 0 Å². The van der Waals surface area contributed by atoms with Crippen LogP contribution in [0.2, 0.25) is 0 Å². The first-order valence-corrected chi connectivity index (χ1v) is 15.7. The molecular formula is C32H38N5O6S-. The average molecular weight is 621 g/mol. The van der Waals surface area contributed by atoms with Gasteiger partial charge in [0.1, 0.15) is 0 Å². The molecule has 3 amide bonds. The fourth-order valence-corrected chi connectivity index (χ4v) is 5.95. The SMILES string of the molecule is CC(c1cccc2ccccc12)N1CCC(CN(CC(=O)NCC(=O)NCC(=O)C(=O)NCc2ccccc2)S(=O)[O-])CC1. The molecule has 1 saturated heterocycles. The Balaban J connectivity index is 1.16. The van der Waals surface area contributed by atoms with E-state index in [9.17, 15) is 27.9 Å². The molecule has 2 atom stereocenters. The zero-order chi connectivity index (χ0) is 31.5. The fourth-order valence-electron chi connectivity index (χ4n) is 5.39. The summed E-state index contributed by atoms with van der Waals surface area (Å²) < 4.78 is 24.9. The van der Waals surface area contributed by atoms with E-state index in [4.69, 9.17) is 0 Å². The predicted octanol–water partition coefficient (Wildman–Crippen LogP) is 1.83. The largest absolute Gasteiger partial charge is 0.760 e. The van der Waals surface area contributed by atoms with Gasteiger partial charge in [-0.05, 0) is 60.7 Å². The van der Waals surface area contributed by atoms with Crippen molar-refractivity contribution < 1.29 is 27.9 Å². The van der Waals surface area contributed by atoms with Crippen molar-refractivity contribution in [3.8, 4) is 0 Å². The lowest BCUT2D eigenvalue weighted by Gasteiger charge is -2.38. The zero-order valence-corrected chi connectivity index (χ0v) is 25.5. The molecule has 0 spiro atoms. The maximum absolute atomic E-state index is 12.4. The highest BCUT2D eigenvalue weighted by atomic mass is 32.2. The number of fused-ring (bicyclic) bond motifs is 1. The van der Waals surface area contributed by atoms with Gasteiger partial charge in [-0.3, -0.25) is 28.3 Å². The summed E-state index contributed by atoms with van der Waals surface area (Å²) in [5.41, 5.74) is 2.09. The Morgan fingerprint density at radius 3 is 2.27 bits per heavy atom. The van der Waals surface area contributed by atoms with Crippen LogP contribution in [0.5, 0.6) is 0 Å². The van der Waals surface area contributed by atoms with Crippen LogP contribution in [0, 0.1) is 5.92 Å². The second-order valence-electron chi connectivity index (χ2n) is 10.9. The average Bonchev–Trinajstić information content (AvgIpc) is 3.05. The topological polar surface area (TPSA) is 151 Å². The van der Waals surface area contributed by atoms with Crippen molar-refractivity contribution in [2.45, 2.75) is 32.4 Å². The van der Waals surface area contributed by atoms with Crippen LogP contribution in [0.1, 0.15) is 36.9 Å². The summed E-state index contributed by atoms with van der Waals surface area (Å²) in [5, 5.41) is 9.58. The number of carbonyl (C=O) groups excluding carboxylic acids is 4. The first kappa shape index (κ1) is 32.9. The van der Waals surface area contributed by atoms with Gasteiger partial charge in [0.2, 0.25) is 17.6 Å². The Labute approximate surface area is 259 Å². The van der Waals surface area contributed by atoms with Gasteiger partial charge >= 0.3 is 0 Å². The number of carbonyl (C=O) groups is 4. The number of nitrogens with zero attached hydrogens (tertiary/aromatic N) is 2. The molecule has 12 heteroatoms. The summed E-state index contributed by atoms with van der Waals surface area (Å²) in [4.78, 5) is 50.9. The molecule has 1 aliphatic rings. The molecule has 0 bridgehead atoms. The summed E-state index contributed by atoms with van der Waals surface area (Å²) >= 11 is -2.61. The van der Waals surface area contributed by atoms with Crippen molar-refractivity contribution in [1.82, 2.24) is 25.2 Å². The maximum Gasteiger partial charge on any atom is 0.289 e. The third-order valence-corrected chi connectivity index (χ3v) is 8.60. The lowest BCUT2D eigenvalue weighted by Crippen LogP contribution is -2.46. The number of hydrogen-bond acceptors (Lipinski definition) is 7. The lowest BCUT2D eigenvalue weighted by molar-refractivity contribution is -0.138. The number of amides is 3. The molecule has 3 N–H and O–H groups in total. The zero-order valence-electron chi connectivity index (χ0n) is 24.7. The molecule has 2 unspecified atom stereocenters. The van der Waals surface area contributed by atoms with Crippen LogP contribution in [0.3, 0.4) is 0 Å². The molecule has 1 fully saturated rings. The fraction of sp³-hybridized carbons (Fsp3) is 0.375. The highest BCUT2D eigenvalue weighted by molar-refractivity contribution is 7.76. The van der Waals surface area contributed by atoms with Crippen LogP contribution in [0.15, 0.2) is 72.8 Å². The van der Waals surface area contributed by atoms with Gasteiger partial charge in [-0.25, -0.2) is 4.31 Å². The third kappa shape index (κ3) is 9.52. The highest BCUT2D eigenvalue weighted by Gasteiger charge is 2.26. The summed E-state index contributed by atoms with van der Waals surface area (Å²) in [6, 6.07) is 23.9. The number of rotatable bonds is 14. The second kappa shape index (κ2) is 16.2. The Morgan fingerprint density at radius 1 is 0.886 bits per heavy atom. The van der Waals surface area contributed by atoms with Crippen LogP contribution in [0.25, 0.3) is 10.8 Å². The van der Waals surface area contributed by atoms with E-state index in [1.54, 1.807) is 12.1 Å². The Kier molecular flexibility index (Phi) is 12.1. The summed E-state index contributed by atoms with van der Waals surface area (Å²) in [7, 11) is 0.